The lowest BCUT2D eigenvalue weighted by atomic mass is 9.92. The Morgan fingerprint density at radius 3 is 3.05 bits per heavy atom. The summed E-state index contributed by atoms with van der Waals surface area (Å²) in [5.74, 6) is 1.32. The van der Waals surface area contributed by atoms with E-state index in [0.29, 0.717) is 12.5 Å². The lowest BCUT2D eigenvalue weighted by Gasteiger charge is -2.34. The number of furan rings is 1. The second-order valence-corrected chi connectivity index (χ2v) is 5.80. The van der Waals surface area contributed by atoms with E-state index in [4.69, 9.17) is 10.2 Å². The Hall–Kier alpha value is -1.33. The van der Waals surface area contributed by atoms with Crippen molar-refractivity contribution in [1.82, 2.24) is 10.2 Å². The summed E-state index contributed by atoms with van der Waals surface area (Å²) in [4.78, 5) is 14.3. The molecule has 3 atom stereocenters. The van der Waals surface area contributed by atoms with E-state index in [1.54, 1.807) is 6.26 Å². The first-order chi connectivity index (χ1) is 9.56. The molecule has 2 heterocycles. The number of likely N-dealkylation sites (tertiary alicyclic amines) is 1. The van der Waals surface area contributed by atoms with E-state index in [-0.39, 0.29) is 18.0 Å². The Bertz CT molecular complexity index is 417. The maximum absolute atomic E-state index is 12.1. The zero-order valence-electron chi connectivity index (χ0n) is 12.3. The molecule has 3 N–H and O–H groups in total. The van der Waals surface area contributed by atoms with E-state index in [1.165, 1.54) is 6.42 Å². The number of rotatable bonds is 5. The standard InChI is InChI=1S/C15H25N3O2/c1-11(16)13-5-3-7-18(9-13)10-15(19)17-12(2)14-6-4-8-20-14/h4,6,8,11-13H,3,5,7,9-10,16H2,1-2H3,(H,17,19). The highest BCUT2D eigenvalue weighted by Crippen LogP contribution is 2.18. The Morgan fingerprint density at radius 2 is 2.40 bits per heavy atom. The van der Waals surface area contributed by atoms with Crippen molar-refractivity contribution in [2.24, 2.45) is 11.7 Å². The van der Waals surface area contributed by atoms with Gasteiger partial charge < -0.3 is 15.5 Å². The molecular weight excluding hydrogens is 254 g/mol. The van der Waals surface area contributed by atoms with E-state index in [2.05, 4.69) is 10.2 Å². The zero-order chi connectivity index (χ0) is 14.5. The van der Waals surface area contributed by atoms with Crippen LogP contribution in [0.2, 0.25) is 0 Å². The number of piperidine rings is 1. The summed E-state index contributed by atoms with van der Waals surface area (Å²) < 4.78 is 5.29. The van der Waals surface area contributed by atoms with Crippen LogP contribution in [0.15, 0.2) is 22.8 Å². The molecule has 3 unspecified atom stereocenters. The zero-order valence-corrected chi connectivity index (χ0v) is 12.3. The Labute approximate surface area is 120 Å². The largest absolute Gasteiger partial charge is 0.467 e. The molecule has 1 amide bonds. The number of nitrogens with two attached hydrogens (primary N) is 1. The van der Waals surface area contributed by atoms with Gasteiger partial charge in [0.1, 0.15) is 5.76 Å². The summed E-state index contributed by atoms with van der Waals surface area (Å²) >= 11 is 0. The third-order valence-electron chi connectivity index (χ3n) is 4.00. The van der Waals surface area contributed by atoms with Gasteiger partial charge in [-0.05, 0) is 51.3 Å². The van der Waals surface area contributed by atoms with Crippen molar-refractivity contribution < 1.29 is 9.21 Å². The Balaban J connectivity index is 1.79. The van der Waals surface area contributed by atoms with E-state index >= 15 is 0 Å². The molecule has 0 bridgehead atoms. The molecule has 0 aliphatic carbocycles. The SMILES string of the molecule is CC(NC(=O)CN1CCCC(C(C)N)C1)c1ccco1. The molecule has 5 nitrogen and oxygen atoms in total. The fourth-order valence-electron chi connectivity index (χ4n) is 2.76. The van der Waals surface area contributed by atoms with Crippen LogP contribution in [-0.4, -0.2) is 36.5 Å². The maximum atomic E-state index is 12.1. The first-order valence-electron chi connectivity index (χ1n) is 7.37. The van der Waals surface area contributed by atoms with Crippen molar-refractivity contribution in [3.05, 3.63) is 24.2 Å². The molecule has 5 heteroatoms. The predicted molar refractivity (Wildman–Crippen MR) is 78.1 cm³/mol. The Kier molecular flexibility index (Phi) is 5.20. The van der Waals surface area contributed by atoms with E-state index in [1.807, 2.05) is 26.0 Å². The summed E-state index contributed by atoms with van der Waals surface area (Å²) in [6.07, 6.45) is 3.90. The lowest BCUT2D eigenvalue weighted by Crippen LogP contribution is -2.46. The fraction of sp³-hybridized carbons (Fsp3) is 0.667. The van der Waals surface area contributed by atoms with Gasteiger partial charge in [-0.25, -0.2) is 0 Å². The first-order valence-corrected chi connectivity index (χ1v) is 7.37. The van der Waals surface area contributed by atoms with Gasteiger partial charge in [0.25, 0.3) is 0 Å². The van der Waals surface area contributed by atoms with Gasteiger partial charge in [0.05, 0.1) is 18.8 Å². The molecule has 20 heavy (non-hydrogen) atoms. The highest BCUT2D eigenvalue weighted by atomic mass is 16.3. The van der Waals surface area contributed by atoms with Crippen LogP contribution in [-0.2, 0) is 4.79 Å². The average molecular weight is 279 g/mol. The summed E-state index contributed by atoms with van der Waals surface area (Å²) in [7, 11) is 0. The fourth-order valence-corrected chi connectivity index (χ4v) is 2.76. The molecule has 0 radical (unpaired) electrons. The molecule has 1 aromatic heterocycles. The van der Waals surface area contributed by atoms with Crippen molar-refractivity contribution in [1.29, 1.82) is 0 Å². The van der Waals surface area contributed by atoms with Crippen molar-refractivity contribution >= 4 is 5.91 Å². The van der Waals surface area contributed by atoms with Crippen LogP contribution in [0.1, 0.15) is 38.5 Å². The quantitative estimate of drug-likeness (QED) is 0.857. The second kappa shape index (κ2) is 6.90. The van der Waals surface area contributed by atoms with E-state index in [0.717, 1.165) is 25.3 Å². The molecule has 2 rings (SSSR count). The minimum Gasteiger partial charge on any atom is -0.467 e. The maximum Gasteiger partial charge on any atom is 0.234 e. The van der Waals surface area contributed by atoms with Gasteiger partial charge in [0.2, 0.25) is 5.91 Å². The van der Waals surface area contributed by atoms with Crippen LogP contribution >= 0.6 is 0 Å². The second-order valence-electron chi connectivity index (χ2n) is 5.80. The molecular formula is C15H25N3O2. The number of carbonyl (C=O) groups is 1. The third kappa shape index (κ3) is 4.08. The molecule has 1 fully saturated rings. The molecule has 0 aromatic carbocycles. The molecule has 0 saturated carbocycles. The minimum atomic E-state index is -0.0912. The summed E-state index contributed by atoms with van der Waals surface area (Å²) in [5, 5.41) is 2.97. The molecule has 112 valence electrons. The highest BCUT2D eigenvalue weighted by molar-refractivity contribution is 5.78. The topological polar surface area (TPSA) is 71.5 Å². The summed E-state index contributed by atoms with van der Waals surface area (Å²) in [5.41, 5.74) is 5.97. The number of amides is 1. The van der Waals surface area contributed by atoms with Gasteiger partial charge in [-0.1, -0.05) is 0 Å². The summed E-state index contributed by atoms with van der Waals surface area (Å²) in [6.45, 7) is 6.31. The van der Waals surface area contributed by atoms with Gasteiger partial charge in [-0.2, -0.15) is 0 Å². The lowest BCUT2D eigenvalue weighted by molar-refractivity contribution is -0.123. The van der Waals surface area contributed by atoms with Gasteiger partial charge in [0.15, 0.2) is 0 Å². The first kappa shape index (κ1) is 15.1. The van der Waals surface area contributed by atoms with Crippen molar-refractivity contribution in [3.63, 3.8) is 0 Å². The van der Waals surface area contributed by atoms with E-state index in [9.17, 15) is 4.79 Å². The van der Waals surface area contributed by atoms with Gasteiger partial charge in [-0.3, -0.25) is 9.69 Å². The normalized spacial score (nSPS) is 23.2. The molecule has 0 spiro atoms. The highest BCUT2D eigenvalue weighted by Gasteiger charge is 2.24. The third-order valence-corrected chi connectivity index (χ3v) is 4.00. The monoisotopic (exact) mass is 279 g/mol. The number of hydrogen-bond acceptors (Lipinski definition) is 4. The van der Waals surface area contributed by atoms with Crippen molar-refractivity contribution in [3.8, 4) is 0 Å². The van der Waals surface area contributed by atoms with Crippen molar-refractivity contribution in [2.45, 2.75) is 38.8 Å². The molecule has 1 aromatic rings. The molecule has 1 aliphatic rings. The smallest absolute Gasteiger partial charge is 0.234 e. The van der Waals surface area contributed by atoms with Crippen LogP contribution in [0.25, 0.3) is 0 Å². The van der Waals surface area contributed by atoms with Crippen LogP contribution in [0.5, 0.6) is 0 Å². The molecule has 1 saturated heterocycles. The predicted octanol–water partition coefficient (Wildman–Crippen LogP) is 1.52. The molecule has 1 aliphatic heterocycles. The number of carbonyl (C=O) groups excluding carboxylic acids is 1. The van der Waals surface area contributed by atoms with Crippen LogP contribution in [0.4, 0.5) is 0 Å². The number of nitrogens with one attached hydrogen (secondary N) is 1. The Morgan fingerprint density at radius 1 is 1.60 bits per heavy atom. The van der Waals surface area contributed by atoms with Crippen LogP contribution in [0.3, 0.4) is 0 Å². The van der Waals surface area contributed by atoms with Crippen LogP contribution < -0.4 is 11.1 Å². The van der Waals surface area contributed by atoms with Gasteiger partial charge >= 0.3 is 0 Å². The summed E-state index contributed by atoms with van der Waals surface area (Å²) in [6, 6.07) is 3.81. The number of hydrogen-bond donors (Lipinski definition) is 2. The van der Waals surface area contributed by atoms with E-state index < -0.39 is 0 Å². The van der Waals surface area contributed by atoms with Gasteiger partial charge in [-0.15, -0.1) is 0 Å². The van der Waals surface area contributed by atoms with Crippen molar-refractivity contribution in [2.75, 3.05) is 19.6 Å². The van der Waals surface area contributed by atoms with Gasteiger partial charge in [0, 0.05) is 12.6 Å². The number of nitrogens with zero attached hydrogens (tertiary/aromatic N) is 1. The minimum absolute atomic E-state index is 0.0409. The van der Waals surface area contributed by atoms with Crippen LogP contribution in [0, 0.1) is 5.92 Å². The average Bonchev–Trinajstić information content (AvgIpc) is 2.92.